The van der Waals surface area contributed by atoms with E-state index >= 15 is 0 Å². The maximum absolute atomic E-state index is 13.2. The zero-order chi connectivity index (χ0) is 12.7. The number of benzene rings is 1. The fourth-order valence-corrected chi connectivity index (χ4v) is 1.62. The summed E-state index contributed by atoms with van der Waals surface area (Å²) in [7, 11) is 0. The van der Waals surface area contributed by atoms with Crippen molar-refractivity contribution in [2.24, 2.45) is 5.73 Å². The minimum absolute atomic E-state index is 0.111. The van der Waals surface area contributed by atoms with Crippen LogP contribution >= 0.6 is 0 Å². The molecule has 0 saturated heterocycles. The lowest BCUT2D eigenvalue weighted by atomic mass is 10.1. The summed E-state index contributed by atoms with van der Waals surface area (Å²) in [5.41, 5.74) is 6.24. The van der Waals surface area contributed by atoms with Crippen molar-refractivity contribution in [3.05, 3.63) is 35.6 Å². The monoisotopic (exact) mass is 238 g/mol. The predicted molar refractivity (Wildman–Crippen MR) is 65.7 cm³/mol. The lowest BCUT2D eigenvalue weighted by Crippen LogP contribution is -2.31. The molecular formula is C13H19FN2O. The van der Waals surface area contributed by atoms with Gasteiger partial charge in [0.05, 0.1) is 0 Å². The van der Waals surface area contributed by atoms with Gasteiger partial charge < -0.3 is 11.1 Å². The maximum atomic E-state index is 13.2. The molecule has 3 nitrogen and oxygen atoms in total. The van der Waals surface area contributed by atoms with Crippen LogP contribution in [0.5, 0.6) is 0 Å². The standard InChI is InChI=1S/C13H19FN2O/c1-2-5-11(15)8-13(17)16-9-10-6-3-4-7-12(10)14/h3-4,6-7,11H,2,5,8-9,15H2,1H3,(H,16,17). The molecule has 0 fully saturated rings. The van der Waals surface area contributed by atoms with Crippen molar-refractivity contribution in [3.8, 4) is 0 Å². The molecule has 1 amide bonds. The Balaban J connectivity index is 2.36. The molecular weight excluding hydrogens is 219 g/mol. The fourth-order valence-electron chi connectivity index (χ4n) is 1.62. The minimum Gasteiger partial charge on any atom is -0.352 e. The fraction of sp³-hybridized carbons (Fsp3) is 0.462. The van der Waals surface area contributed by atoms with E-state index in [2.05, 4.69) is 5.32 Å². The molecule has 1 rings (SSSR count). The first-order chi connectivity index (χ1) is 8.13. The van der Waals surface area contributed by atoms with Gasteiger partial charge in [0.15, 0.2) is 0 Å². The molecule has 0 bridgehead atoms. The highest BCUT2D eigenvalue weighted by atomic mass is 19.1. The highest BCUT2D eigenvalue weighted by molar-refractivity contribution is 5.76. The van der Waals surface area contributed by atoms with Crippen molar-refractivity contribution in [3.63, 3.8) is 0 Å². The normalized spacial score (nSPS) is 12.2. The molecule has 0 aromatic heterocycles. The van der Waals surface area contributed by atoms with Crippen LogP contribution in [0.4, 0.5) is 4.39 Å². The summed E-state index contributed by atoms with van der Waals surface area (Å²) >= 11 is 0. The van der Waals surface area contributed by atoms with E-state index in [0.717, 1.165) is 12.8 Å². The number of carbonyl (C=O) groups is 1. The number of carbonyl (C=O) groups excluding carboxylic acids is 1. The van der Waals surface area contributed by atoms with Crippen LogP contribution < -0.4 is 11.1 Å². The third kappa shape index (κ3) is 4.95. The summed E-state index contributed by atoms with van der Waals surface area (Å²) in [6.07, 6.45) is 2.08. The third-order valence-electron chi connectivity index (χ3n) is 2.54. The Morgan fingerprint density at radius 1 is 1.47 bits per heavy atom. The van der Waals surface area contributed by atoms with Gasteiger partial charge >= 0.3 is 0 Å². The number of hydrogen-bond acceptors (Lipinski definition) is 2. The quantitative estimate of drug-likeness (QED) is 0.796. The summed E-state index contributed by atoms with van der Waals surface area (Å²) in [4.78, 5) is 11.5. The first kappa shape index (κ1) is 13.6. The number of amides is 1. The zero-order valence-electron chi connectivity index (χ0n) is 10.1. The Labute approximate surface area is 101 Å². The van der Waals surface area contributed by atoms with Crippen molar-refractivity contribution in [2.75, 3.05) is 0 Å². The van der Waals surface area contributed by atoms with Gasteiger partial charge in [0.2, 0.25) is 5.91 Å². The summed E-state index contributed by atoms with van der Waals surface area (Å²) in [5, 5.41) is 2.67. The molecule has 94 valence electrons. The van der Waals surface area contributed by atoms with E-state index in [1.807, 2.05) is 6.92 Å². The topological polar surface area (TPSA) is 55.1 Å². The third-order valence-corrected chi connectivity index (χ3v) is 2.54. The Bertz CT molecular complexity index is 368. The van der Waals surface area contributed by atoms with Crippen LogP contribution in [0, 0.1) is 5.82 Å². The zero-order valence-corrected chi connectivity index (χ0v) is 10.1. The molecule has 4 heteroatoms. The van der Waals surface area contributed by atoms with E-state index < -0.39 is 0 Å². The molecule has 0 aliphatic heterocycles. The van der Waals surface area contributed by atoms with Crippen LogP contribution in [-0.2, 0) is 11.3 Å². The lowest BCUT2D eigenvalue weighted by molar-refractivity contribution is -0.121. The molecule has 0 aliphatic carbocycles. The van der Waals surface area contributed by atoms with Gasteiger partial charge in [0, 0.05) is 24.6 Å². The molecule has 1 aromatic carbocycles. The van der Waals surface area contributed by atoms with Gasteiger partial charge in [0.1, 0.15) is 5.82 Å². The van der Waals surface area contributed by atoms with E-state index in [1.165, 1.54) is 6.07 Å². The first-order valence-corrected chi connectivity index (χ1v) is 5.89. The Morgan fingerprint density at radius 2 is 2.18 bits per heavy atom. The number of hydrogen-bond donors (Lipinski definition) is 2. The minimum atomic E-state index is -0.300. The largest absolute Gasteiger partial charge is 0.352 e. The second-order valence-corrected chi connectivity index (χ2v) is 4.12. The van der Waals surface area contributed by atoms with Crippen LogP contribution in [0.15, 0.2) is 24.3 Å². The Hall–Kier alpha value is -1.42. The van der Waals surface area contributed by atoms with Crippen molar-refractivity contribution < 1.29 is 9.18 Å². The van der Waals surface area contributed by atoms with E-state index in [1.54, 1.807) is 18.2 Å². The molecule has 1 aromatic rings. The molecule has 1 atom stereocenters. The van der Waals surface area contributed by atoms with Crippen molar-refractivity contribution in [1.29, 1.82) is 0 Å². The second kappa shape index (κ2) is 7.01. The number of nitrogens with one attached hydrogen (secondary N) is 1. The van der Waals surface area contributed by atoms with Gasteiger partial charge in [-0.1, -0.05) is 31.5 Å². The van der Waals surface area contributed by atoms with Gasteiger partial charge in [-0.25, -0.2) is 4.39 Å². The van der Waals surface area contributed by atoms with Crippen molar-refractivity contribution in [2.45, 2.75) is 38.8 Å². The molecule has 0 spiro atoms. The van der Waals surface area contributed by atoms with Gasteiger partial charge in [-0.15, -0.1) is 0 Å². The Kier molecular flexibility index (Phi) is 5.63. The molecule has 0 saturated carbocycles. The predicted octanol–water partition coefficient (Wildman–Crippen LogP) is 1.96. The number of halogens is 1. The van der Waals surface area contributed by atoms with Gasteiger partial charge in [-0.3, -0.25) is 4.79 Å². The van der Waals surface area contributed by atoms with Gasteiger partial charge in [-0.05, 0) is 12.5 Å². The molecule has 3 N–H and O–H groups in total. The van der Waals surface area contributed by atoms with Crippen LogP contribution in [0.3, 0.4) is 0 Å². The Morgan fingerprint density at radius 3 is 2.82 bits per heavy atom. The molecule has 0 radical (unpaired) electrons. The van der Waals surface area contributed by atoms with Gasteiger partial charge in [-0.2, -0.15) is 0 Å². The summed E-state index contributed by atoms with van der Waals surface area (Å²) in [6, 6.07) is 6.29. The SMILES string of the molecule is CCCC(N)CC(=O)NCc1ccccc1F. The van der Waals surface area contributed by atoms with Crippen LogP contribution in [0.2, 0.25) is 0 Å². The maximum Gasteiger partial charge on any atom is 0.221 e. The van der Waals surface area contributed by atoms with E-state index in [9.17, 15) is 9.18 Å². The summed E-state index contributed by atoms with van der Waals surface area (Å²) in [5.74, 6) is -0.431. The molecule has 1 unspecified atom stereocenters. The van der Waals surface area contributed by atoms with Gasteiger partial charge in [0.25, 0.3) is 0 Å². The van der Waals surface area contributed by atoms with Crippen LogP contribution in [-0.4, -0.2) is 11.9 Å². The average molecular weight is 238 g/mol. The average Bonchev–Trinajstić information content (AvgIpc) is 2.28. The first-order valence-electron chi connectivity index (χ1n) is 5.89. The van der Waals surface area contributed by atoms with Crippen LogP contribution in [0.1, 0.15) is 31.7 Å². The number of rotatable bonds is 6. The van der Waals surface area contributed by atoms with Crippen molar-refractivity contribution >= 4 is 5.91 Å². The van der Waals surface area contributed by atoms with Crippen molar-refractivity contribution in [1.82, 2.24) is 5.32 Å². The van der Waals surface area contributed by atoms with Crippen LogP contribution in [0.25, 0.3) is 0 Å². The van der Waals surface area contributed by atoms with E-state index in [0.29, 0.717) is 12.0 Å². The number of nitrogens with two attached hydrogens (primary N) is 1. The lowest BCUT2D eigenvalue weighted by Gasteiger charge is -2.10. The smallest absolute Gasteiger partial charge is 0.221 e. The highest BCUT2D eigenvalue weighted by Gasteiger charge is 2.09. The summed E-state index contributed by atoms with van der Waals surface area (Å²) in [6.45, 7) is 2.24. The van der Waals surface area contributed by atoms with E-state index in [-0.39, 0.29) is 24.3 Å². The molecule has 0 heterocycles. The molecule has 17 heavy (non-hydrogen) atoms. The highest BCUT2D eigenvalue weighted by Crippen LogP contribution is 2.06. The van der Waals surface area contributed by atoms with E-state index in [4.69, 9.17) is 5.73 Å². The molecule has 0 aliphatic rings. The summed E-state index contributed by atoms with van der Waals surface area (Å²) < 4.78 is 13.2. The second-order valence-electron chi connectivity index (χ2n) is 4.12.